The van der Waals surface area contributed by atoms with Crippen molar-refractivity contribution in [3.05, 3.63) is 11.7 Å². The molecule has 1 heterocycles. The average molecular weight is 224 g/mol. The van der Waals surface area contributed by atoms with Gasteiger partial charge in [-0.15, -0.1) is 0 Å². The van der Waals surface area contributed by atoms with Crippen molar-refractivity contribution in [2.75, 3.05) is 0 Å². The maximum Gasteiger partial charge on any atom is 0.262 e. The number of halogens is 2. The van der Waals surface area contributed by atoms with Gasteiger partial charge in [-0.1, -0.05) is 35.3 Å². The van der Waals surface area contributed by atoms with Crippen molar-refractivity contribution in [1.82, 2.24) is 10.1 Å². The molecular weight excluding hydrogens is 213 g/mol. The number of rotatable bonds is 3. The monoisotopic (exact) mass is 223 g/mol. The van der Waals surface area contributed by atoms with Gasteiger partial charge in [-0.3, -0.25) is 0 Å². The van der Waals surface area contributed by atoms with Crippen LogP contribution < -0.4 is 5.73 Å². The summed E-state index contributed by atoms with van der Waals surface area (Å²) in [4.78, 5) is 3.99. The molecule has 2 N–H and O–H groups in total. The molecule has 0 radical (unpaired) electrons. The van der Waals surface area contributed by atoms with Crippen molar-refractivity contribution in [1.29, 1.82) is 0 Å². The van der Waals surface area contributed by atoms with Crippen LogP contribution in [0.2, 0.25) is 0 Å². The number of alkyl halides is 2. The minimum Gasteiger partial charge on any atom is -0.336 e. The molecule has 1 atom stereocenters. The Morgan fingerprint density at radius 3 is 2.62 bits per heavy atom. The van der Waals surface area contributed by atoms with Gasteiger partial charge in [0, 0.05) is 0 Å². The molecule has 6 heteroatoms. The van der Waals surface area contributed by atoms with E-state index in [1.807, 2.05) is 6.92 Å². The fraction of sp³-hybridized carbons (Fsp3) is 0.714. The van der Waals surface area contributed by atoms with E-state index in [9.17, 15) is 0 Å². The molecule has 0 aliphatic carbocycles. The van der Waals surface area contributed by atoms with Crippen LogP contribution in [0.5, 0.6) is 0 Å². The summed E-state index contributed by atoms with van der Waals surface area (Å²) in [5.74, 6) is 0.611. The van der Waals surface area contributed by atoms with E-state index in [0.717, 1.165) is 6.42 Å². The predicted molar refractivity (Wildman–Crippen MR) is 50.6 cm³/mol. The first kappa shape index (κ1) is 10.8. The number of nitrogens with two attached hydrogens (primary N) is 1. The van der Waals surface area contributed by atoms with E-state index in [2.05, 4.69) is 10.1 Å². The molecule has 0 saturated carbocycles. The summed E-state index contributed by atoms with van der Waals surface area (Å²) in [6.45, 7) is 3.49. The number of nitrogens with zero attached hydrogens (tertiary/aromatic N) is 2. The molecule has 74 valence electrons. The Morgan fingerprint density at radius 1 is 1.62 bits per heavy atom. The van der Waals surface area contributed by atoms with Crippen LogP contribution in [0.15, 0.2) is 4.52 Å². The van der Waals surface area contributed by atoms with Gasteiger partial charge in [-0.05, 0) is 13.3 Å². The van der Waals surface area contributed by atoms with Crippen LogP contribution in [0.1, 0.15) is 38.0 Å². The Kier molecular flexibility index (Phi) is 3.16. The normalized spacial score (nSPS) is 14.5. The molecule has 1 rings (SSSR count). The van der Waals surface area contributed by atoms with Crippen LogP contribution in [-0.4, -0.2) is 10.1 Å². The third-order valence-corrected chi connectivity index (χ3v) is 1.91. The van der Waals surface area contributed by atoms with Crippen LogP contribution >= 0.6 is 23.2 Å². The second-order valence-corrected chi connectivity index (χ2v) is 4.57. The minimum absolute atomic E-state index is 0.176. The first-order chi connectivity index (χ1) is 5.95. The minimum atomic E-state index is -1.15. The van der Waals surface area contributed by atoms with Gasteiger partial charge in [-0.25, -0.2) is 0 Å². The van der Waals surface area contributed by atoms with E-state index in [1.54, 1.807) is 6.92 Å². The van der Waals surface area contributed by atoms with Gasteiger partial charge in [0.1, 0.15) is 0 Å². The Hall–Kier alpha value is -0.320. The topological polar surface area (TPSA) is 64.9 Å². The van der Waals surface area contributed by atoms with Crippen LogP contribution in [0, 0.1) is 0 Å². The van der Waals surface area contributed by atoms with Crippen LogP contribution in [0.3, 0.4) is 0 Å². The van der Waals surface area contributed by atoms with Crippen molar-refractivity contribution in [3.63, 3.8) is 0 Å². The second kappa shape index (κ2) is 3.82. The zero-order valence-corrected chi connectivity index (χ0v) is 8.93. The average Bonchev–Trinajstić information content (AvgIpc) is 2.50. The smallest absolute Gasteiger partial charge is 0.262 e. The summed E-state index contributed by atoms with van der Waals surface area (Å²) < 4.78 is 3.69. The maximum absolute atomic E-state index is 5.75. The fourth-order valence-electron chi connectivity index (χ4n) is 0.746. The molecule has 0 aromatic carbocycles. The van der Waals surface area contributed by atoms with Crippen LogP contribution in [0.4, 0.5) is 0 Å². The molecule has 0 fully saturated rings. The number of hydrogen-bond donors (Lipinski definition) is 1. The van der Waals surface area contributed by atoms with Gasteiger partial charge in [0.25, 0.3) is 5.89 Å². The summed E-state index contributed by atoms with van der Waals surface area (Å²) in [5, 5.41) is 3.67. The molecule has 1 aromatic heterocycles. The molecule has 4 nitrogen and oxygen atoms in total. The maximum atomic E-state index is 5.75. The van der Waals surface area contributed by atoms with Crippen molar-refractivity contribution < 1.29 is 4.52 Å². The van der Waals surface area contributed by atoms with E-state index in [4.69, 9.17) is 33.5 Å². The Bertz CT molecular complexity index is 282. The molecule has 0 aliphatic rings. The highest BCUT2D eigenvalue weighted by atomic mass is 35.5. The highest BCUT2D eigenvalue weighted by Gasteiger charge is 2.28. The zero-order chi connectivity index (χ0) is 10.1. The summed E-state index contributed by atoms with van der Waals surface area (Å²) in [6, 6.07) is -0.229. The van der Waals surface area contributed by atoms with Crippen molar-refractivity contribution in [3.8, 4) is 0 Å². The predicted octanol–water partition coefficient (Wildman–Crippen LogP) is 2.13. The first-order valence-electron chi connectivity index (χ1n) is 3.92. The van der Waals surface area contributed by atoms with E-state index in [-0.39, 0.29) is 11.9 Å². The second-order valence-electron chi connectivity index (χ2n) is 2.86. The van der Waals surface area contributed by atoms with Gasteiger partial charge in [-0.2, -0.15) is 4.98 Å². The molecule has 0 aliphatic heterocycles. The van der Waals surface area contributed by atoms with E-state index >= 15 is 0 Å². The van der Waals surface area contributed by atoms with Gasteiger partial charge < -0.3 is 10.3 Å². The van der Waals surface area contributed by atoms with Crippen LogP contribution in [0.25, 0.3) is 0 Å². The Balaban J connectivity index is 2.87. The molecule has 13 heavy (non-hydrogen) atoms. The third kappa shape index (κ3) is 2.56. The lowest BCUT2D eigenvalue weighted by atomic mass is 10.2. The zero-order valence-electron chi connectivity index (χ0n) is 7.42. The number of hydrogen-bond acceptors (Lipinski definition) is 4. The molecule has 0 bridgehead atoms. The van der Waals surface area contributed by atoms with Crippen molar-refractivity contribution in [2.24, 2.45) is 5.73 Å². The number of aromatic nitrogens is 2. The molecular formula is C7H11Cl2N3O. The lowest BCUT2D eigenvalue weighted by Gasteiger charge is -2.05. The SMILES string of the molecule is CCC(N)c1noc(C(C)(Cl)Cl)n1. The van der Waals surface area contributed by atoms with Gasteiger partial charge in [0.15, 0.2) is 10.2 Å². The highest BCUT2D eigenvalue weighted by molar-refractivity contribution is 6.47. The van der Waals surface area contributed by atoms with E-state index in [0.29, 0.717) is 5.82 Å². The van der Waals surface area contributed by atoms with Crippen molar-refractivity contribution in [2.45, 2.75) is 30.6 Å². The van der Waals surface area contributed by atoms with E-state index in [1.165, 1.54) is 0 Å². The Morgan fingerprint density at radius 2 is 2.23 bits per heavy atom. The first-order valence-corrected chi connectivity index (χ1v) is 4.68. The third-order valence-electron chi connectivity index (χ3n) is 1.59. The summed E-state index contributed by atoms with van der Waals surface area (Å²) in [5.41, 5.74) is 5.68. The lowest BCUT2D eigenvalue weighted by Crippen LogP contribution is -2.11. The van der Waals surface area contributed by atoms with Crippen LogP contribution in [-0.2, 0) is 4.33 Å². The van der Waals surface area contributed by atoms with Gasteiger partial charge in [0.2, 0.25) is 0 Å². The summed E-state index contributed by atoms with van der Waals surface area (Å²) in [7, 11) is 0. The Labute approximate surface area is 86.4 Å². The molecule has 0 amide bonds. The molecule has 1 unspecified atom stereocenters. The summed E-state index contributed by atoms with van der Waals surface area (Å²) >= 11 is 11.5. The largest absolute Gasteiger partial charge is 0.336 e. The fourth-order valence-corrected chi connectivity index (χ4v) is 0.900. The molecule has 0 spiro atoms. The van der Waals surface area contributed by atoms with E-state index < -0.39 is 4.33 Å². The standard InChI is InChI=1S/C7H11Cl2N3O/c1-3-4(10)5-11-6(13-12-5)7(2,8)9/h4H,3,10H2,1-2H3. The highest BCUT2D eigenvalue weighted by Crippen LogP contribution is 2.31. The van der Waals surface area contributed by atoms with Gasteiger partial charge in [0.05, 0.1) is 6.04 Å². The van der Waals surface area contributed by atoms with Gasteiger partial charge >= 0.3 is 0 Å². The summed E-state index contributed by atoms with van der Waals surface area (Å²) in [6.07, 6.45) is 0.736. The molecule has 0 saturated heterocycles. The lowest BCUT2D eigenvalue weighted by molar-refractivity contribution is 0.362. The van der Waals surface area contributed by atoms with Crippen molar-refractivity contribution >= 4 is 23.2 Å². The quantitative estimate of drug-likeness (QED) is 0.798. The molecule has 1 aromatic rings.